The second-order valence-electron chi connectivity index (χ2n) is 5.24. The number of carbonyl (C=O) groups excluding carboxylic acids is 1. The third-order valence-corrected chi connectivity index (χ3v) is 3.88. The third kappa shape index (κ3) is 3.78. The summed E-state index contributed by atoms with van der Waals surface area (Å²) >= 11 is 5.86. The molecule has 0 saturated heterocycles. The Morgan fingerprint density at radius 1 is 1.12 bits per heavy atom. The molecule has 7 nitrogen and oxygen atoms in total. The van der Waals surface area contributed by atoms with Crippen LogP contribution in [0.15, 0.2) is 47.0 Å². The van der Waals surface area contributed by atoms with Gasteiger partial charge in [0.05, 0.1) is 20.8 Å². The van der Waals surface area contributed by atoms with Crippen molar-refractivity contribution in [1.82, 2.24) is 15.5 Å². The first kappa shape index (κ1) is 17.8. The van der Waals surface area contributed by atoms with Crippen molar-refractivity contribution in [2.24, 2.45) is 0 Å². The van der Waals surface area contributed by atoms with Crippen molar-refractivity contribution in [3.8, 4) is 22.9 Å². The van der Waals surface area contributed by atoms with E-state index in [-0.39, 0.29) is 18.3 Å². The van der Waals surface area contributed by atoms with Crippen LogP contribution in [-0.4, -0.2) is 30.3 Å². The summed E-state index contributed by atoms with van der Waals surface area (Å²) < 4.78 is 15.6. The first-order chi connectivity index (χ1) is 12.6. The molecule has 0 saturated carbocycles. The third-order valence-electron chi connectivity index (χ3n) is 3.63. The molecule has 0 fully saturated rings. The Morgan fingerprint density at radius 3 is 2.38 bits per heavy atom. The molecule has 0 spiro atoms. The number of amides is 1. The molecular formula is C18H16ClN3O4. The SMILES string of the molecule is COc1cccc(OC)c1C(=O)NCc1nc(-c2ccc(Cl)cc2)no1. The number of methoxy groups -OCH3 is 2. The zero-order chi connectivity index (χ0) is 18.5. The van der Waals surface area contributed by atoms with Gasteiger partial charge in [0.15, 0.2) is 0 Å². The van der Waals surface area contributed by atoms with Crippen LogP contribution >= 0.6 is 11.6 Å². The highest BCUT2D eigenvalue weighted by molar-refractivity contribution is 6.30. The molecule has 1 heterocycles. The number of aromatic nitrogens is 2. The van der Waals surface area contributed by atoms with E-state index in [1.54, 1.807) is 42.5 Å². The Bertz CT molecular complexity index is 887. The normalized spacial score (nSPS) is 10.4. The van der Waals surface area contributed by atoms with Crippen molar-refractivity contribution in [3.05, 3.63) is 58.9 Å². The van der Waals surface area contributed by atoms with E-state index in [2.05, 4.69) is 15.5 Å². The van der Waals surface area contributed by atoms with Crippen LogP contribution in [0.5, 0.6) is 11.5 Å². The van der Waals surface area contributed by atoms with Gasteiger partial charge < -0.3 is 19.3 Å². The van der Waals surface area contributed by atoms with Gasteiger partial charge >= 0.3 is 0 Å². The lowest BCUT2D eigenvalue weighted by molar-refractivity contribution is 0.0940. The number of benzene rings is 2. The van der Waals surface area contributed by atoms with Gasteiger partial charge in [0, 0.05) is 10.6 Å². The monoisotopic (exact) mass is 373 g/mol. The fraction of sp³-hybridized carbons (Fsp3) is 0.167. The van der Waals surface area contributed by atoms with Crippen molar-refractivity contribution >= 4 is 17.5 Å². The molecule has 134 valence electrons. The molecule has 0 aliphatic carbocycles. The van der Waals surface area contributed by atoms with Gasteiger partial charge in [-0.2, -0.15) is 4.98 Å². The molecule has 0 radical (unpaired) electrons. The van der Waals surface area contributed by atoms with Crippen LogP contribution in [0.1, 0.15) is 16.2 Å². The van der Waals surface area contributed by atoms with Gasteiger partial charge in [-0.15, -0.1) is 0 Å². The van der Waals surface area contributed by atoms with E-state index in [1.807, 2.05) is 0 Å². The molecule has 0 unspecified atom stereocenters. The minimum Gasteiger partial charge on any atom is -0.496 e. The van der Waals surface area contributed by atoms with Crippen molar-refractivity contribution in [3.63, 3.8) is 0 Å². The van der Waals surface area contributed by atoms with Crippen molar-refractivity contribution < 1.29 is 18.8 Å². The molecule has 0 atom stereocenters. The molecule has 2 aromatic carbocycles. The highest BCUT2D eigenvalue weighted by atomic mass is 35.5. The average Bonchev–Trinajstić information content (AvgIpc) is 3.15. The highest BCUT2D eigenvalue weighted by Gasteiger charge is 2.19. The number of halogens is 1. The van der Waals surface area contributed by atoms with Crippen LogP contribution in [0.25, 0.3) is 11.4 Å². The molecule has 26 heavy (non-hydrogen) atoms. The van der Waals surface area contributed by atoms with Gasteiger partial charge in [-0.05, 0) is 36.4 Å². The van der Waals surface area contributed by atoms with Gasteiger partial charge in [-0.1, -0.05) is 22.8 Å². The number of rotatable bonds is 6. The molecule has 1 N–H and O–H groups in total. The Kier molecular flexibility index (Phi) is 5.38. The van der Waals surface area contributed by atoms with Gasteiger partial charge in [-0.3, -0.25) is 4.79 Å². The number of carbonyl (C=O) groups is 1. The Morgan fingerprint density at radius 2 is 1.77 bits per heavy atom. The van der Waals surface area contributed by atoms with Crippen LogP contribution in [0.4, 0.5) is 0 Å². The maximum atomic E-state index is 12.5. The Labute approximate surface area is 154 Å². The van der Waals surface area contributed by atoms with E-state index in [9.17, 15) is 4.79 Å². The Balaban J connectivity index is 1.72. The minimum absolute atomic E-state index is 0.0701. The summed E-state index contributed by atoms with van der Waals surface area (Å²) in [6.45, 7) is 0.0701. The molecule has 8 heteroatoms. The molecule has 0 bridgehead atoms. The maximum absolute atomic E-state index is 12.5. The molecule has 0 aliphatic heterocycles. The van der Waals surface area contributed by atoms with Gasteiger partial charge in [0.25, 0.3) is 5.91 Å². The van der Waals surface area contributed by atoms with E-state index in [4.69, 9.17) is 25.6 Å². The predicted molar refractivity (Wildman–Crippen MR) is 95.5 cm³/mol. The quantitative estimate of drug-likeness (QED) is 0.713. The average molecular weight is 374 g/mol. The summed E-state index contributed by atoms with van der Waals surface area (Å²) in [6.07, 6.45) is 0. The lowest BCUT2D eigenvalue weighted by Crippen LogP contribution is -2.24. The van der Waals surface area contributed by atoms with Gasteiger partial charge in [0.1, 0.15) is 17.1 Å². The topological polar surface area (TPSA) is 86.5 Å². The number of nitrogens with zero attached hydrogens (tertiary/aromatic N) is 2. The minimum atomic E-state index is -0.370. The molecule has 0 aliphatic rings. The summed E-state index contributed by atoms with van der Waals surface area (Å²) in [5, 5.41) is 7.25. The van der Waals surface area contributed by atoms with E-state index in [0.29, 0.717) is 27.9 Å². The standard InChI is InChI=1S/C18H16ClN3O4/c1-24-13-4-3-5-14(25-2)16(13)18(23)20-10-15-21-17(22-26-15)11-6-8-12(19)9-7-11/h3-9H,10H2,1-2H3,(H,20,23). The van der Waals surface area contributed by atoms with Crippen molar-refractivity contribution in [2.45, 2.75) is 6.54 Å². The highest BCUT2D eigenvalue weighted by Crippen LogP contribution is 2.28. The second-order valence-corrected chi connectivity index (χ2v) is 5.68. The van der Waals surface area contributed by atoms with Crippen molar-refractivity contribution in [1.29, 1.82) is 0 Å². The maximum Gasteiger partial charge on any atom is 0.259 e. The summed E-state index contributed by atoms with van der Waals surface area (Å²) in [4.78, 5) is 16.8. The Hall–Kier alpha value is -3.06. The summed E-state index contributed by atoms with van der Waals surface area (Å²) in [5.74, 6) is 1.15. The molecule has 1 aromatic heterocycles. The summed E-state index contributed by atoms with van der Waals surface area (Å²) in [6, 6.07) is 12.2. The first-order valence-corrected chi connectivity index (χ1v) is 8.08. The largest absolute Gasteiger partial charge is 0.496 e. The second kappa shape index (κ2) is 7.88. The number of ether oxygens (including phenoxy) is 2. The van der Waals surface area contributed by atoms with Crippen LogP contribution in [0.2, 0.25) is 5.02 Å². The number of nitrogens with one attached hydrogen (secondary N) is 1. The van der Waals surface area contributed by atoms with E-state index in [0.717, 1.165) is 5.56 Å². The molecule has 3 rings (SSSR count). The first-order valence-electron chi connectivity index (χ1n) is 7.70. The fourth-order valence-electron chi connectivity index (χ4n) is 2.36. The summed E-state index contributed by atoms with van der Waals surface area (Å²) in [7, 11) is 2.98. The van der Waals surface area contributed by atoms with Crippen LogP contribution in [0.3, 0.4) is 0 Å². The summed E-state index contributed by atoms with van der Waals surface area (Å²) in [5.41, 5.74) is 1.07. The van der Waals surface area contributed by atoms with Crippen LogP contribution in [-0.2, 0) is 6.54 Å². The van der Waals surface area contributed by atoms with Gasteiger partial charge in [-0.25, -0.2) is 0 Å². The number of hydrogen-bond acceptors (Lipinski definition) is 6. The number of hydrogen-bond donors (Lipinski definition) is 1. The van der Waals surface area contributed by atoms with Crippen LogP contribution in [0, 0.1) is 0 Å². The smallest absolute Gasteiger partial charge is 0.259 e. The van der Waals surface area contributed by atoms with E-state index < -0.39 is 0 Å². The molecule has 3 aromatic rings. The lowest BCUT2D eigenvalue weighted by Gasteiger charge is -2.12. The fourth-order valence-corrected chi connectivity index (χ4v) is 2.49. The van der Waals surface area contributed by atoms with Crippen LogP contribution < -0.4 is 14.8 Å². The molecule has 1 amide bonds. The van der Waals surface area contributed by atoms with Gasteiger partial charge in [0.2, 0.25) is 11.7 Å². The van der Waals surface area contributed by atoms with Crippen molar-refractivity contribution in [2.75, 3.05) is 14.2 Å². The zero-order valence-electron chi connectivity index (χ0n) is 14.2. The van der Waals surface area contributed by atoms with E-state index >= 15 is 0 Å². The van der Waals surface area contributed by atoms with E-state index in [1.165, 1.54) is 14.2 Å². The molecular weight excluding hydrogens is 358 g/mol. The zero-order valence-corrected chi connectivity index (χ0v) is 14.9. The predicted octanol–water partition coefficient (Wildman–Crippen LogP) is 3.34. The lowest BCUT2D eigenvalue weighted by atomic mass is 10.1.